The van der Waals surface area contributed by atoms with Gasteiger partial charge in [-0.15, -0.1) is 0 Å². The van der Waals surface area contributed by atoms with Gasteiger partial charge in [0.1, 0.15) is 0 Å². The lowest BCUT2D eigenvalue weighted by atomic mass is 9.86. The Kier molecular flexibility index (Phi) is 4.39. The molecule has 0 saturated carbocycles. The number of hydrogen-bond acceptors (Lipinski definition) is 0. The van der Waals surface area contributed by atoms with Crippen LogP contribution in [-0.4, -0.2) is 0 Å². The van der Waals surface area contributed by atoms with Crippen molar-refractivity contribution in [2.75, 3.05) is 0 Å². The molecule has 0 radical (unpaired) electrons. The molecule has 106 valence electrons. The summed E-state index contributed by atoms with van der Waals surface area (Å²) in [5, 5.41) is 0. The minimum absolute atomic E-state index is 0.208. The van der Waals surface area contributed by atoms with E-state index in [1.54, 1.807) is 0 Å². The van der Waals surface area contributed by atoms with Crippen LogP contribution in [0.25, 0.3) is 0 Å². The van der Waals surface area contributed by atoms with E-state index in [0.29, 0.717) is 0 Å². The zero-order chi connectivity index (χ0) is 14.9. The van der Waals surface area contributed by atoms with Gasteiger partial charge in [0.2, 0.25) is 0 Å². The molecule has 0 N–H and O–H groups in total. The largest absolute Gasteiger partial charge is 0.0786 e. The molecule has 0 fully saturated rings. The number of alkyl halides is 1. The van der Waals surface area contributed by atoms with Crippen molar-refractivity contribution in [1.29, 1.82) is 0 Å². The van der Waals surface area contributed by atoms with E-state index in [1.807, 2.05) is 0 Å². The molecule has 0 aliphatic rings. The predicted octanol–water partition coefficient (Wildman–Crippen LogP) is 6.09. The minimum atomic E-state index is 0.208. The zero-order valence-corrected chi connectivity index (χ0v) is 14.6. The molecular weight excluding hydrogens is 308 g/mol. The van der Waals surface area contributed by atoms with Gasteiger partial charge in [0.15, 0.2) is 0 Å². The van der Waals surface area contributed by atoms with Gasteiger partial charge in [0, 0.05) is 0 Å². The summed E-state index contributed by atoms with van der Waals surface area (Å²) in [6, 6.07) is 15.5. The van der Waals surface area contributed by atoms with Gasteiger partial charge in [0.25, 0.3) is 0 Å². The van der Waals surface area contributed by atoms with Crippen molar-refractivity contribution in [3.8, 4) is 0 Å². The second-order valence-corrected chi connectivity index (χ2v) is 7.44. The monoisotopic (exact) mass is 330 g/mol. The van der Waals surface area contributed by atoms with Crippen molar-refractivity contribution in [2.45, 2.75) is 44.9 Å². The lowest BCUT2D eigenvalue weighted by Crippen LogP contribution is -2.10. The number of benzene rings is 2. The Morgan fingerprint density at radius 3 is 2.05 bits per heavy atom. The van der Waals surface area contributed by atoms with Crippen LogP contribution in [0.5, 0.6) is 0 Å². The van der Waals surface area contributed by atoms with Gasteiger partial charge in [-0.05, 0) is 47.1 Å². The van der Waals surface area contributed by atoms with Crippen LogP contribution in [0.1, 0.15) is 53.4 Å². The molecule has 2 rings (SSSR count). The fraction of sp³-hybridized carbons (Fsp3) is 0.368. The van der Waals surface area contributed by atoms with Crippen LogP contribution in [0, 0.1) is 13.8 Å². The smallest absolute Gasteiger partial charge is 0.0647 e. The number of halogens is 1. The summed E-state index contributed by atoms with van der Waals surface area (Å²) in [6.07, 6.45) is 0. The maximum absolute atomic E-state index is 3.85. The van der Waals surface area contributed by atoms with Crippen LogP contribution in [0.3, 0.4) is 0 Å². The third kappa shape index (κ3) is 3.15. The van der Waals surface area contributed by atoms with E-state index in [2.05, 4.69) is 93.0 Å². The Bertz CT molecular complexity index is 588. The molecule has 0 aliphatic carbocycles. The highest BCUT2D eigenvalue weighted by Crippen LogP contribution is 2.34. The summed E-state index contributed by atoms with van der Waals surface area (Å²) in [7, 11) is 0. The summed E-state index contributed by atoms with van der Waals surface area (Å²) < 4.78 is 0. The van der Waals surface area contributed by atoms with Gasteiger partial charge in [-0.2, -0.15) is 0 Å². The molecule has 0 nitrogen and oxygen atoms in total. The quantitative estimate of drug-likeness (QED) is 0.585. The third-order valence-corrected chi connectivity index (χ3v) is 5.01. The highest BCUT2D eigenvalue weighted by Gasteiger charge is 2.16. The van der Waals surface area contributed by atoms with Gasteiger partial charge in [-0.3, -0.25) is 0 Å². The van der Waals surface area contributed by atoms with E-state index in [0.717, 1.165) is 0 Å². The topological polar surface area (TPSA) is 0 Å². The van der Waals surface area contributed by atoms with Gasteiger partial charge >= 0.3 is 0 Å². The molecular formula is C19H23Br. The van der Waals surface area contributed by atoms with Crippen molar-refractivity contribution >= 4 is 15.9 Å². The first-order valence-electron chi connectivity index (χ1n) is 7.11. The Balaban J connectivity index is 2.34. The first-order chi connectivity index (χ1) is 9.30. The minimum Gasteiger partial charge on any atom is -0.0786 e. The standard InChI is InChI=1S/C19H23Br/c1-13-7-6-8-17(14(13)2)18(20)15-9-11-16(12-10-15)19(3,4)5/h6-12,18H,1-5H3. The van der Waals surface area contributed by atoms with Gasteiger partial charge in [-0.25, -0.2) is 0 Å². The van der Waals surface area contributed by atoms with Gasteiger partial charge in [-0.1, -0.05) is 79.2 Å². The predicted molar refractivity (Wildman–Crippen MR) is 91.8 cm³/mol. The van der Waals surface area contributed by atoms with E-state index < -0.39 is 0 Å². The van der Waals surface area contributed by atoms with Gasteiger partial charge < -0.3 is 0 Å². The fourth-order valence-corrected chi connectivity index (χ4v) is 3.18. The summed E-state index contributed by atoms with van der Waals surface area (Å²) in [5.74, 6) is 0. The van der Waals surface area contributed by atoms with E-state index >= 15 is 0 Å². The molecule has 1 atom stereocenters. The summed E-state index contributed by atoms with van der Waals surface area (Å²) >= 11 is 3.85. The third-order valence-electron chi connectivity index (χ3n) is 3.99. The summed E-state index contributed by atoms with van der Waals surface area (Å²) in [6.45, 7) is 11.1. The van der Waals surface area contributed by atoms with Crippen molar-refractivity contribution in [3.05, 3.63) is 70.3 Å². The van der Waals surface area contributed by atoms with E-state index in [4.69, 9.17) is 0 Å². The number of hydrogen-bond donors (Lipinski definition) is 0. The molecule has 1 heteroatoms. The summed E-state index contributed by atoms with van der Waals surface area (Å²) in [4.78, 5) is 0.261. The van der Waals surface area contributed by atoms with Crippen LogP contribution in [0.15, 0.2) is 42.5 Å². The zero-order valence-electron chi connectivity index (χ0n) is 13.0. The summed E-state index contributed by atoms with van der Waals surface area (Å²) in [5.41, 5.74) is 6.97. The van der Waals surface area contributed by atoms with Crippen LogP contribution in [0.4, 0.5) is 0 Å². The van der Waals surface area contributed by atoms with E-state index in [1.165, 1.54) is 27.8 Å². The van der Waals surface area contributed by atoms with Crippen LogP contribution < -0.4 is 0 Å². The molecule has 0 bridgehead atoms. The molecule has 0 aliphatic heterocycles. The number of aryl methyl sites for hydroxylation is 1. The molecule has 0 amide bonds. The molecule has 2 aromatic rings. The first-order valence-corrected chi connectivity index (χ1v) is 8.03. The molecule has 0 spiro atoms. The molecule has 20 heavy (non-hydrogen) atoms. The average Bonchev–Trinajstić information content (AvgIpc) is 2.40. The molecule has 2 aromatic carbocycles. The van der Waals surface area contributed by atoms with Crippen LogP contribution >= 0.6 is 15.9 Å². The SMILES string of the molecule is Cc1cccc(C(Br)c2ccc(C(C)(C)C)cc2)c1C. The average molecular weight is 331 g/mol. The fourth-order valence-electron chi connectivity index (χ4n) is 2.38. The van der Waals surface area contributed by atoms with Gasteiger partial charge in [0.05, 0.1) is 4.83 Å². The molecule has 0 aromatic heterocycles. The van der Waals surface area contributed by atoms with Crippen molar-refractivity contribution in [2.24, 2.45) is 0 Å². The normalized spacial score (nSPS) is 13.3. The van der Waals surface area contributed by atoms with E-state index in [9.17, 15) is 0 Å². The first kappa shape index (κ1) is 15.3. The Hall–Kier alpha value is -1.08. The highest BCUT2D eigenvalue weighted by molar-refractivity contribution is 9.09. The lowest BCUT2D eigenvalue weighted by Gasteiger charge is -2.20. The molecule has 0 saturated heterocycles. The highest BCUT2D eigenvalue weighted by atomic mass is 79.9. The maximum atomic E-state index is 3.85. The van der Waals surface area contributed by atoms with Crippen molar-refractivity contribution in [3.63, 3.8) is 0 Å². The van der Waals surface area contributed by atoms with Crippen LogP contribution in [0.2, 0.25) is 0 Å². The Morgan fingerprint density at radius 2 is 1.50 bits per heavy atom. The Labute approximate surface area is 131 Å². The molecule has 0 heterocycles. The Morgan fingerprint density at radius 1 is 0.900 bits per heavy atom. The van der Waals surface area contributed by atoms with Crippen molar-refractivity contribution in [1.82, 2.24) is 0 Å². The molecule has 1 unspecified atom stereocenters. The van der Waals surface area contributed by atoms with Crippen molar-refractivity contribution < 1.29 is 0 Å². The second kappa shape index (κ2) is 5.73. The lowest BCUT2D eigenvalue weighted by molar-refractivity contribution is 0.590. The maximum Gasteiger partial charge on any atom is 0.0647 e. The van der Waals surface area contributed by atoms with Crippen LogP contribution in [-0.2, 0) is 5.41 Å². The number of rotatable bonds is 2. The van der Waals surface area contributed by atoms with E-state index in [-0.39, 0.29) is 10.2 Å². The second-order valence-electron chi connectivity index (χ2n) is 6.52.